The lowest BCUT2D eigenvalue weighted by atomic mass is 9.75. The molecule has 0 bridgehead atoms. The molecule has 8 nitrogen and oxygen atoms in total. The summed E-state index contributed by atoms with van der Waals surface area (Å²) in [4.78, 5) is 56.7. The SMILES string of the molecule is Cc1ccc(CNC(=O)C2C(c3ccccc3)C(C(=O)c3ccc(Cl)cc3)C(c3ccccc3[N+](=O)[O-])N2C(=O)C2CC2)cc1. The van der Waals surface area contributed by atoms with Crippen molar-refractivity contribution in [1.29, 1.82) is 0 Å². The maximum atomic E-state index is 14.7. The molecular formula is C36H32ClN3O5. The molecule has 2 aliphatic rings. The van der Waals surface area contributed by atoms with Gasteiger partial charge in [0.25, 0.3) is 5.69 Å². The van der Waals surface area contributed by atoms with Gasteiger partial charge in [-0.2, -0.15) is 0 Å². The Morgan fingerprint density at radius 3 is 2.18 bits per heavy atom. The number of carbonyl (C=O) groups is 3. The molecule has 9 heteroatoms. The number of amides is 2. The Kier molecular flexibility index (Phi) is 8.50. The molecule has 45 heavy (non-hydrogen) atoms. The van der Waals surface area contributed by atoms with Crippen LogP contribution in [0.3, 0.4) is 0 Å². The lowest BCUT2D eigenvalue weighted by molar-refractivity contribution is -0.386. The molecule has 4 atom stereocenters. The number of nitro groups is 1. The van der Waals surface area contributed by atoms with Crippen molar-refractivity contribution in [3.05, 3.63) is 146 Å². The Bertz CT molecular complexity index is 1740. The third-order valence-corrected chi connectivity index (χ3v) is 9.02. The second-order valence-corrected chi connectivity index (χ2v) is 12.2. The van der Waals surface area contributed by atoms with E-state index in [-0.39, 0.29) is 35.4 Å². The van der Waals surface area contributed by atoms with E-state index in [0.717, 1.165) is 11.1 Å². The molecule has 1 N–H and O–H groups in total. The molecule has 1 aliphatic heterocycles. The molecule has 0 spiro atoms. The van der Waals surface area contributed by atoms with Gasteiger partial charge >= 0.3 is 0 Å². The molecule has 4 aromatic carbocycles. The Hall–Kier alpha value is -4.82. The third kappa shape index (κ3) is 6.11. The maximum absolute atomic E-state index is 14.7. The number of likely N-dealkylation sites (tertiary alicyclic amines) is 1. The third-order valence-electron chi connectivity index (χ3n) is 8.77. The highest BCUT2D eigenvalue weighted by molar-refractivity contribution is 6.30. The van der Waals surface area contributed by atoms with Crippen LogP contribution in [0.15, 0.2) is 103 Å². The topological polar surface area (TPSA) is 110 Å². The molecule has 228 valence electrons. The Labute approximate surface area is 266 Å². The van der Waals surface area contributed by atoms with Crippen LogP contribution in [-0.2, 0) is 16.1 Å². The number of carbonyl (C=O) groups excluding carboxylic acids is 3. The molecule has 2 fully saturated rings. The summed E-state index contributed by atoms with van der Waals surface area (Å²) in [5.74, 6) is -3.14. The van der Waals surface area contributed by atoms with Gasteiger partial charge in [-0.1, -0.05) is 90.0 Å². The first-order chi connectivity index (χ1) is 21.7. The fraction of sp³-hybridized carbons (Fsp3) is 0.250. The zero-order valence-electron chi connectivity index (χ0n) is 24.6. The quantitative estimate of drug-likeness (QED) is 0.125. The van der Waals surface area contributed by atoms with Crippen LogP contribution >= 0.6 is 11.6 Å². The van der Waals surface area contributed by atoms with E-state index in [2.05, 4.69) is 5.32 Å². The second-order valence-electron chi connectivity index (χ2n) is 11.8. The highest BCUT2D eigenvalue weighted by atomic mass is 35.5. The van der Waals surface area contributed by atoms with E-state index in [1.165, 1.54) is 11.0 Å². The van der Waals surface area contributed by atoms with Gasteiger partial charge in [0.2, 0.25) is 11.8 Å². The second kappa shape index (κ2) is 12.7. The number of para-hydroxylation sites is 1. The molecule has 1 aliphatic carbocycles. The first-order valence-corrected chi connectivity index (χ1v) is 15.4. The van der Waals surface area contributed by atoms with Gasteiger partial charge < -0.3 is 10.2 Å². The van der Waals surface area contributed by atoms with Crippen molar-refractivity contribution in [1.82, 2.24) is 10.2 Å². The van der Waals surface area contributed by atoms with E-state index >= 15 is 0 Å². The minimum absolute atomic E-state index is 0.211. The normalized spacial score (nSPS) is 20.9. The highest BCUT2D eigenvalue weighted by Crippen LogP contribution is 2.54. The number of hydrogen-bond acceptors (Lipinski definition) is 5. The maximum Gasteiger partial charge on any atom is 0.274 e. The molecule has 2 amide bonds. The fourth-order valence-corrected chi connectivity index (χ4v) is 6.57. The van der Waals surface area contributed by atoms with Gasteiger partial charge in [-0.15, -0.1) is 0 Å². The van der Waals surface area contributed by atoms with Crippen LogP contribution in [0.4, 0.5) is 5.69 Å². The predicted octanol–water partition coefficient (Wildman–Crippen LogP) is 6.82. The van der Waals surface area contributed by atoms with Crippen LogP contribution in [0, 0.1) is 28.9 Å². The number of nitrogens with zero attached hydrogens (tertiary/aromatic N) is 2. The van der Waals surface area contributed by atoms with Gasteiger partial charge in [-0.05, 0) is 55.2 Å². The van der Waals surface area contributed by atoms with Crippen LogP contribution < -0.4 is 5.32 Å². The minimum atomic E-state index is -1.10. The van der Waals surface area contributed by atoms with Crippen LogP contribution in [0.25, 0.3) is 0 Å². The van der Waals surface area contributed by atoms with Gasteiger partial charge in [0.15, 0.2) is 5.78 Å². The Morgan fingerprint density at radius 2 is 1.53 bits per heavy atom. The van der Waals surface area contributed by atoms with Crippen molar-refractivity contribution in [2.75, 3.05) is 0 Å². The van der Waals surface area contributed by atoms with Gasteiger partial charge in [0, 0.05) is 35.0 Å². The zero-order valence-corrected chi connectivity index (χ0v) is 25.4. The van der Waals surface area contributed by atoms with E-state index in [1.807, 2.05) is 61.5 Å². The molecule has 0 radical (unpaired) electrons. The monoisotopic (exact) mass is 621 g/mol. The van der Waals surface area contributed by atoms with Gasteiger partial charge in [0.1, 0.15) is 6.04 Å². The Morgan fingerprint density at radius 1 is 0.889 bits per heavy atom. The number of rotatable bonds is 9. The molecule has 4 aromatic rings. The van der Waals surface area contributed by atoms with E-state index in [4.69, 9.17) is 11.6 Å². The first kappa shape index (κ1) is 30.2. The summed E-state index contributed by atoms with van der Waals surface area (Å²) in [6.45, 7) is 2.20. The summed E-state index contributed by atoms with van der Waals surface area (Å²) >= 11 is 6.15. The lowest BCUT2D eigenvalue weighted by Crippen LogP contribution is -2.49. The van der Waals surface area contributed by atoms with Crippen molar-refractivity contribution in [3.8, 4) is 0 Å². The van der Waals surface area contributed by atoms with Crippen molar-refractivity contribution < 1.29 is 19.3 Å². The summed E-state index contributed by atoms with van der Waals surface area (Å²) in [5.41, 5.74) is 3.01. The molecule has 4 unspecified atom stereocenters. The molecule has 0 aromatic heterocycles. The van der Waals surface area contributed by atoms with Crippen LogP contribution in [0.1, 0.15) is 57.4 Å². The number of aryl methyl sites for hydroxylation is 1. The van der Waals surface area contributed by atoms with Crippen LogP contribution in [0.5, 0.6) is 0 Å². The van der Waals surface area contributed by atoms with Crippen molar-refractivity contribution in [2.24, 2.45) is 11.8 Å². The van der Waals surface area contributed by atoms with Crippen LogP contribution in [-0.4, -0.2) is 33.5 Å². The number of hydrogen-bond donors (Lipinski definition) is 1. The summed E-state index contributed by atoms with van der Waals surface area (Å²) in [6, 6.07) is 27.4. The van der Waals surface area contributed by atoms with Gasteiger partial charge in [0.05, 0.1) is 22.4 Å². The number of nitro benzene ring substituents is 1. The van der Waals surface area contributed by atoms with Crippen LogP contribution in [0.2, 0.25) is 5.02 Å². The number of benzene rings is 4. The number of nitrogens with one attached hydrogen (secondary N) is 1. The van der Waals surface area contributed by atoms with Gasteiger partial charge in [-0.3, -0.25) is 24.5 Å². The summed E-state index contributed by atoms with van der Waals surface area (Å²) in [6.07, 6.45) is 1.31. The zero-order chi connectivity index (χ0) is 31.7. The minimum Gasteiger partial charge on any atom is -0.350 e. The average Bonchev–Trinajstić information content (AvgIpc) is 3.85. The van der Waals surface area contributed by atoms with E-state index in [0.29, 0.717) is 29.0 Å². The summed E-state index contributed by atoms with van der Waals surface area (Å²) < 4.78 is 0. The molecule has 1 saturated heterocycles. The van der Waals surface area contributed by atoms with Crippen molar-refractivity contribution in [3.63, 3.8) is 0 Å². The smallest absolute Gasteiger partial charge is 0.274 e. The van der Waals surface area contributed by atoms with E-state index < -0.39 is 34.7 Å². The predicted molar refractivity (Wildman–Crippen MR) is 171 cm³/mol. The molecule has 1 saturated carbocycles. The Balaban J connectivity index is 1.54. The lowest BCUT2D eigenvalue weighted by Gasteiger charge is -2.31. The number of Topliss-reactive ketones (excluding diaryl/α,β-unsaturated/α-hetero) is 1. The summed E-state index contributed by atoms with van der Waals surface area (Å²) in [7, 11) is 0. The largest absolute Gasteiger partial charge is 0.350 e. The fourth-order valence-electron chi connectivity index (χ4n) is 6.44. The van der Waals surface area contributed by atoms with E-state index in [9.17, 15) is 24.5 Å². The molecule has 1 heterocycles. The average molecular weight is 622 g/mol. The standard InChI is InChI=1S/C36H32ClN3O5/c1-22-11-13-23(14-12-22)21-38-35(42)33-30(24-7-3-2-4-8-24)31(34(41)25-17-19-27(37)20-18-25)32(39(33)36(43)26-15-16-26)28-9-5-6-10-29(28)40(44)45/h2-14,17-20,26,30-33H,15-16,21H2,1H3,(H,38,42). The summed E-state index contributed by atoms with van der Waals surface area (Å²) in [5, 5.41) is 15.8. The molecule has 6 rings (SSSR count). The van der Waals surface area contributed by atoms with Crippen molar-refractivity contribution >= 4 is 34.9 Å². The highest BCUT2D eigenvalue weighted by Gasteiger charge is 2.59. The van der Waals surface area contributed by atoms with E-state index in [1.54, 1.807) is 42.5 Å². The molecular weight excluding hydrogens is 590 g/mol. The number of halogens is 1. The number of ketones is 1. The van der Waals surface area contributed by atoms with Gasteiger partial charge in [-0.25, -0.2) is 0 Å². The van der Waals surface area contributed by atoms with Crippen molar-refractivity contribution in [2.45, 2.75) is 44.3 Å². The first-order valence-electron chi connectivity index (χ1n) is 15.0.